The number of hydrogen-bond acceptors (Lipinski definition) is 6. The van der Waals surface area contributed by atoms with Crippen molar-refractivity contribution in [2.45, 2.75) is 52.1 Å². The van der Waals surface area contributed by atoms with E-state index in [-0.39, 0.29) is 35.5 Å². The first-order valence-electron chi connectivity index (χ1n) is 12.3. The highest BCUT2D eigenvalue weighted by Gasteiger charge is 2.56. The fraction of sp³-hybridized carbons (Fsp3) is 0.407. The van der Waals surface area contributed by atoms with E-state index >= 15 is 0 Å². The Kier molecular flexibility index (Phi) is 6.89. The summed E-state index contributed by atoms with van der Waals surface area (Å²) >= 11 is 1.53. The van der Waals surface area contributed by atoms with Gasteiger partial charge in [-0.15, -0.1) is 11.3 Å². The van der Waals surface area contributed by atoms with E-state index in [0.29, 0.717) is 37.7 Å². The monoisotopic (exact) mass is 509 g/mol. The van der Waals surface area contributed by atoms with Crippen molar-refractivity contribution in [2.75, 3.05) is 0 Å². The standard InChI is InChI=1S/C27H29BFNO5S/c1-15(10-17-6-7-22(31)21(29)12-17)5-8-23-24-16(2)11-19-25(20(24)13-28(34)35-23)27(33)30(26(19)32)14-18-4-3-9-36-18/h3-4,6-7,9-10,12,19-20,23,25,31,34H,5,8,11,13-14H2,1-2H3/b15-10+/t19-,20+,23-,25-/m1/s1. The van der Waals surface area contributed by atoms with E-state index in [1.54, 1.807) is 6.07 Å². The number of fused-ring (bicyclic) bond motifs is 3. The van der Waals surface area contributed by atoms with Gasteiger partial charge in [-0.3, -0.25) is 14.5 Å². The van der Waals surface area contributed by atoms with E-state index in [9.17, 15) is 24.1 Å². The van der Waals surface area contributed by atoms with Crippen LogP contribution in [-0.4, -0.2) is 40.1 Å². The van der Waals surface area contributed by atoms with Gasteiger partial charge in [0, 0.05) is 4.88 Å². The molecule has 36 heavy (non-hydrogen) atoms. The lowest BCUT2D eigenvalue weighted by Gasteiger charge is -2.42. The van der Waals surface area contributed by atoms with E-state index in [1.807, 2.05) is 37.4 Å². The number of carbonyl (C=O) groups excluding carboxylic acids is 2. The molecule has 9 heteroatoms. The van der Waals surface area contributed by atoms with Crippen LogP contribution in [0.15, 0.2) is 52.4 Å². The van der Waals surface area contributed by atoms with Gasteiger partial charge in [-0.2, -0.15) is 0 Å². The van der Waals surface area contributed by atoms with E-state index in [4.69, 9.17) is 4.65 Å². The normalized spacial score (nSPS) is 26.5. The molecule has 2 N–H and O–H groups in total. The summed E-state index contributed by atoms with van der Waals surface area (Å²) in [5, 5.41) is 21.9. The molecule has 0 bridgehead atoms. The molecule has 3 heterocycles. The molecular weight excluding hydrogens is 480 g/mol. The first-order valence-corrected chi connectivity index (χ1v) is 13.2. The Morgan fingerprint density at radius 1 is 1.28 bits per heavy atom. The van der Waals surface area contributed by atoms with Crippen LogP contribution in [0.4, 0.5) is 4.39 Å². The van der Waals surface area contributed by atoms with Crippen LogP contribution in [0.5, 0.6) is 5.75 Å². The second-order valence-corrected chi connectivity index (χ2v) is 11.1. The van der Waals surface area contributed by atoms with Crippen molar-refractivity contribution in [3.8, 4) is 5.75 Å². The Balaban J connectivity index is 1.34. The molecule has 0 spiro atoms. The average Bonchev–Trinajstić information content (AvgIpc) is 3.42. The van der Waals surface area contributed by atoms with Crippen LogP contribution in [-0.2, 0) is 20.8 Å². The number of hydrogen-bond donors (Lipinski definition) is 2. The Labute approximate surface area is 214 Å². The SMILES string of the molecule is CC1=C2[C@@H](CC/C(C)=C/c3ccc(O)c(F)c3)OB(O)C[C@@H]2[C@@H]2C(=O)N(Cc3cccs3)C(=O)[C@@H]2C1. The Morgan fingerprint density at radius 2 is 2.08 bits per heavy atom. The summed E-state index contributed by atoms with van der Waals surface area (Å²) in [5.74, 6) is -2.39. The number of thiophene rings is 1. The highest BCUT2D eigenvalue weighted by atomic mass is 32.1. The third kappa shape index (κ3) is 4.67. The second-order valence-electron chi connectivity index (χ2n) is 10.1. The number of benzene rings is 1. The van der Waals surface area contributed by atoms with E-state index in [2.05, 4.69) is 0 Å². The maximum atomic E-state index is 13.7. The summed E-state index contributed by atoms with van der Waals surface area (Å²) in [6.45, 7) is 4.25. The fourth-order valence-corrected chi connectivity index (χ4v) is 6.72. The molecule has 2 aromatic rings. The molecule has 188 valence electrons. The molecule has 3 aliphatic rings. The summed E-state index contributed by atoms with van der Waals surface area (Å²) in [4.78, 5) is 29.1. The number of aromatic hydroxyl groups is 1. The molecule has 0 radical (unpaired) electrons. The molecule has 1 aromatic heterocycles. The van der Waals surface area contributed by atoms with Crippen LogP contribution in [0.1, 0.15) is 43.6 Å². The summed E-state index contributed by atoms with van der Waals surface area (Å²) < 4.78 is 19.6. The zero-order chi connectivity index (χ0) is 25.6. The van der Waals surface area contributed by atoms with Crippen molar-refractivity contribution in [3.63, 3.8) is 0 Å². The molecule has 2 fully saturated rings. The molecule has 6 nitrogen and oxygen atoms in total. The van der Waals surface area contributed by atoms with Gasteiger partial charge in [0.15, 0.2) is 11.6 Å². The van der Waals surface area contributed by atoms with Crippen molar-refractivity contribution in [1.29, 1.82) is 0 Å². The van der Waals surface area contributed by atoms with Crippen LogP contribution < -0.4 is 0 Å². The molecule has 0 saturated carbocycles. The van der Waals surface area contributed by atoms with Crippen molar-refractivity contribution in [1.82, 2.24) is 4.90 Å². The fourth-order valence-electron chi connectivity index (χ4n) is 6.03. The molecule has 2 saturated heterocycles. The van der Waals surface area contributed by atoms with Gasteiger partial charge in [0.05, 0.1) is 24.5 Å². The Morgan fingerprint density at radius 3 is 2.81 bits per heavy atom. The summed E-state index contributed by atoms with van der Waals surface area (Å²) in [6.07, 6.45) is 3.58. The summed E-state index contributed by atoms with van der Waals surface area (Å²) in [7, 11) is -1.000. The highest BCUT2D eigenvalue weighted by Crippen LogP contribution is 2.50. The van der Waals surface area contributed by atoms with Crippen LogP contribution >= 0.6 is 11.3 Å². The smallest absolute Gasteiger partial charge is 0.455 e. The number of carbonyl (C=O) groups is 2. The number of rotatable bonds is 6. The first-order chi connectivity index (χ1) is 17.2. The third-order valence-electron chi connectivity index (χ3n) is 7.62. The second kappa shape index (κ2) is 9.96. The minimum absolute atomic E-state index is 0.116. The Bertz CT molecular complexity index is 1240. The number of amides is 2. The molecule has 1 aliphatic carbocycles. The van der Waals surface area contributed by atoms with Crippen molar-refractivity contribution in [3.05, 3.63) is 68.7 Å². The number of nitrogens with zero attached hydrogens (tertiary/aromatic N) is 1. The number of imide groups is 1. The topological polar surface area (TPSA) is 87.1 Å². The third-order valence-corrected chi connectivity index (χ3v) is 8.48. The summed E-state index contributed by atoms with van der Waals surface area (Å²) in [6, 6.07) is 8.11. The molecule has 4 atom stereocenters. The number of allylic oxidation sites excluding steroid dienone is 2. The largest absolute Gasteiger partial charge is 0.505 e. The van der Waals surface area contributed by atoms with Crippen molar-refractivity contribution < 1.29 is 28.8 Å². The predicted molar refractivity (Wildman–Crippen MR) is 136 cm³/mol. The van der Waals surface area contributed by atoms with Gasteiger partial charge in [0.25, 0.3) is 0 Å². The van der Waals surface area contributed by atoms with Gasteiger partial charge in [-0.1, -0.05) is 29.4 Å². The highest BCUT2D eigenvalue weighted by molar-refractivity contribution is 7.09. The Hall–Kier alpha value is -2.75. The lowest BCUT2D eigenvalue weighted by molar-refractivity contribution is -0.140. The maximum absolute atomic E-state index is 13.7. The van der Waals surface area contributed by atoms with Gasteiger partial charge < -0.3 is 14.8 Å². The zero-order valence-electron chi connectivity index (χ0n) is 20.3. The van der Waals surface area contributed by atoms with E-state index < -0.39 is 18.9 Å². The van der Waals surface area contributed by atoms with Gasteiger partial charge in [-0.25, -0.2) is 4.39 Å². The van der Waals surface area contributed by atoms with Crippen molar-refractivity contribution >= 4 is 36.3 Å². The van der Waals surface area contributed by atoms with Gasteiger partial charge >= 0.3 is 7.12 Å². The molecule has 0 unspecified atom stereocenters. The average molecular weight is 509 g/mol. The van der Waals surface area contributed by atoms with Gasteiger partial charge in [0.1, 0.15) is 0 Å². The number of halogens is 1. The number of phenols is 1. The maximum Gasteiger partial charge on any atom is 0.455 e. The predicted octanol–water partition coefficient (Wildman–Crippen LogP) is 4.79. The van der Waals surface area contributed by atoms with Gasteiger partial charge in [-0.05, 0) is 80.1 Å². The molecule has 2 amide bonds. The van der Waals surface area contributed by atoms with Crippen LogP contribution in [0.3, 0.4) is 0 Å². The lowest BCUT2D eigenvalue weighted by atomic mass is 9.59. The van der Waals surface area contributed by atoms with E-state index in [1.165, 1.54) is 28.4 Å². The lowest BCUT2D eigenvalue weighted by Crippen LogP contribution is -2.46. The van der Waals surface area contributed by atoms with Crippen LogP contribution in [0.25, 0.3) is 6.08 Å². The molecule has 1 aromatic carbocycles. The summed E-state index contributed by atoms with van der Waals surface area (Å²) in [5.41, 5.74) is 3.77. The minimum atomic E-state index is -1.000. The number of likely N-dealkylation sites (tertiary alicyclic amines) is 1. The first kappa shape index (κ1) is 24.9. The molecule has 2 aliphatic heterocycles. The minimum Gasteiger partial charge on any atom is -0.505 e. The molecule has 5 rings (SSSR count). The van der Waals surface area contributed by atoms with Gasteiger partial charge in [0.2, 0.25) is 11.8 Å². The van der Waals surface area contributed by atoms with E-state index in [0.717, 1.165) is 21.6 Å². The quantitative estimate of drug-likeness (QED) is 0.332. The van der Waals surface area contributed by atoms with Crippen LogP contribution in [0, 0.1) is 23.6 Å². The zero-order valence-corrected chi connectivity index (χ0v) is 21.1. The van der Waals surface area contributed by atoms with Crippen LogP contribution in [0.2, 0.25) is 6.32 Å². The molecular formula is C27H29BFNO5S. The number of phenolic OH excluding ortho intramolecular Hbond substituents is 1. The van der Waals surface area contributed by atoms with Crippen molar-refractivity contribution in [2.24, 2.45) is 17.8 Å².